The Labute approximate surface area is 139 Å². The van der Waals surface area contributed by atoms with Crippen LogP contribution in [0.1, 0.15) is 32.3 Å². The SMILES string of the molecule is CC1(C)[C@@H]2CC=C(COC[C@H](O)CNCc3ccccc3)[C@H]1C2. The molecule has 1 aromatic carbocycles. The van der Waals surface area contributed by atoms with Crippen LogP contribution in [0.2, 0.25) is 0 Å². The molecule has 0 aromatic heterocycles. The summed E-state index contributed by atoms with van der Waals surface area (Å²) in [6.45, 7) is 7.17. The number of allylic oxidation sites excluding steroid dienone is 1. The molecule has 3 aliphatic rings. The number of benzene rings is 1. The summed E-state index contributed by atoms with van der Waals surface area (Å²) in [6, 6.07) is 10.2. The van der Waals surface area contributed by atoms with E-state index in [0.717, 1.165) is 12.5 Å². The van der Waals surface area contributed by atoms with E-state index in [-0.39, 0.29) is 0 Å². The second-order valence-corrected chi connectivity index (χ2v) is 7.61. The molecule has 2 N–H and O–H groups in total. The molecule has 0 radical (unpaired) electrons. The summed E-state index contributed by atoms with van der Waals surface area (Å²) < 4.78 is 5.77. The second kappa shape index (κ2) is 7.16. The number of fused-ring (bicyclic) bond motifs is 1. The van der Waals surface area contributed by atoms with Crippen molar-refractivity contribution in [1.29, 1.82) is 0 Å². The van der Waals surface area contributed by atoms with Crippen molar-refractivity contribution in [1.82, 2.24) is 5.32 Å². The molecule has 3 atom stereocenters. The van der Waals surface area contributed by atoms with Crippen molar-refractivity contribution in [2.75, 3.05) is 19.8 Å². The Morgan fingerprint density at radius 2 is 2.09 bits per heavy atom. The largest absolute Gasteiger partial charge is 0.389 e. The van der Waals surface area contributed by atoms with Crippen molar-refractivity contribution in [2.24, 2.45) is 17.3 Å². The van der Waals surface area contributed by atoms with Crippen LogP contribution in [-0.4, -0.2) is 31.0 Å². The number of hydrogen-bond donors (Lipinski definition) is 2. The summed E-state index contributed by atoms with van der Waals surface area (Å²) in [6.07, 6.45) is 4.43. The Bertz CT molecular complexity index is 538. The maximum atomic E-state index is 10.0. The monoisotopic (exact) mass is 315 g/mol. The standard InChI is InChI=1S/C20H29NO2/c1-20(2)17-9-8-16(19(20)10-17)13-23-14-18(22)12-21-11-15-6-4-3-5-7-15/h3-8,17-19,21-22H,9-14H2,1-2H3/t17-,18-,19-/m1/s1. The minimum Gasteiger partial charge on any atom is -0.389 e. The Balaban J connectivity index is 1.32. The average Bonchev–Trinajstić information content (AvgIpc) is 2.56. The molecule has 3 nitrogen and oxygen atoms in total. The highest BCUT2D eigenvalue weighted by atomic mass is 16.5. The van der Waals surface area contributed by atoms with E-state index in [1.165, 1.54) is 24.0 Å². The Morgan fingerprint density at radius 1 is 1.30 bits per heavy atom. The first-order valence-electron chi connectivity index (χ1n) is 8.76. The number of hydrogen-bond acceptors (Lipinski definition) is 3. The van der Waals surface area contributed by atoms with Crippen molar-refractivity contribution in [3.05, 3.63) is 47.5 Å². The van der Waals surface area contributed by atoms with Gasteiger partial charge in [-0.15, -0.1) is 0 Å². The molecule has 0 spiro atoms. The van der Waals surface area contributed by atoms with Crippen molar-refractivity contribution in [2.45, 2.75) is 39.3 Å². The molecule has 0 unspecified atom stereocenters. The molecule has 3 heteroatoms. The molecule has 1 aromatic rings. The summed E-state index contributed by atoms with van der Waals surface area (Å²) in [7, 11) is 0. The van der Waals surface area contributed by atoms with Crippen molar-refractivity contribution >= 4 is 0 Å². The van der Waals surface area contributed by atoms with Gasteiger partial charge in [0.15, 0.2) is 0 Å². The zero-order chi connectivity index (χ0) is 16.3. The molecule has 0 heterocycles. The molecule has 2 bridgehead atoms. The van der Waals surface area contributed by atoms with Crippen LogP contribution in [0.25, 0.3) is 0 Å². The average molecular weight is 315 g/mol. The summed E-state index contributed by atoms with van der Waals surface area (Å²) in [5.74, 6) is 1.55. The van der Waals surface area contributed by atoms with Crippen LogP contribution in [0.15, 0.2) is 42.0 Å². The first-order valence-corrected chi connectivity index (χ1v) is 8.76. The maximum Gasteiger partial charge on any atom is 0.0897 e. The van der Waals surface area contributed by atoms with E-state index in [1.54, 1.807) is 0 Å². The number of ether oxygens (including phenoxy) is 1. The van der Waals surface area contributed by atoms with Crippen molar-refractivity contribution in [3.8, 4) is 0 Å². The highest BCUT2D eigenvalue weighted by Crippen LogP contribution is 2.59. The lowest BCUT2D eigenvalue weighted by Gasteiger charge is -2.56. The molecule has 126 valence electrons. The number of aliphatic hydroxyl groups is 1. The van der Waals surface area contributed by atoms with Crippen molar-refractivity contribution < 1.29 is 9.84 Å². The normalized spacial score (nSPS) is 26.3. The van der Waals surface area contributed by atoms with Gasteiger partial charge in [-0.3, -0.25) is 0 Å². The summed E-state index contributed by atoms with van der Waals surface area (Å²) in [4.78, 5) is 0. The number of aliphatic hydroxyl groups excluding tert-OH is 1. The van der Waals surface area contributed by atoms with Gasteiger partial charge in [-0.2, -0.15) is 0 Å². The molecule has 0 aliphatic heterocycles. The molecule has 0 saturated heterocycles. The molecule has 23 heavy (non-hydrogen) atoms. The molecule has 1 saturated carbocycles. The van der Waals surface area contributed by atoms with Gasteiger partial charge in [0.05, 0.1) is 19.3 Å². The van der Waals surface area contributed by atoms with Gasteiger partial charge in [-0.1, -0.05) is 50.3 Å². The van der Waals surface area contributed by atoms with E-state index >= 15 is 0 Å². The third-order valence-electron chi connectivity index (χ3n) is 5.71. The van der Waals surface area contributed by atoms with Gasteiger partial charge < -0.3 is 15.2 Å². The van der Waals surface area contributed by atoms with E-state index in [2.05, 4.69) is 37.4 Å². The van der Waals surface area contributed by atoms with Crippen molar-refractivity contribution in [3.63, 3.8) is 0 Å². The van der Waals surface area contributed by atoms with Gasteiger partial charge in [0.2, 0.25) is 0 Å². The molecule has 3 aliphatic carbocycles. The zero-order valence-corrected chi connectivity index (χ0v) is 14.3. The lowest BCUT2D eigenvalue weighted by atomic mass is 9.49. The van der Waals surface area contributed by atoms with Crippen LogP contribution >= 0.6 is 0 Å². The first kappa shape index (κ1) is 16.7. The van der Waals surface area contributed by atoms with Gasteiger partial charge in [-0.05, 0) is 41.2 Å². The second-order valence-electron chi connectivity index (χ2n) is 7.61. The quantitative estimate of drug-likeness (QED) is 0.724. The molecular formula is C20H29NO2. The van der Waals surface area contributed by atoms with Gasteiger partial charge in [0.1, 0.15) is 0 Å². The molecular weight excluding hydrogens is 286 g/mol. The topological polar surface area (TPSA) is 41.5 Å². The lowest BCUT2D eigenvalue weighted by molar-refractivity contribution is -0.0235. The van der Waals surface area contributed by atoms with Gasteiger partial charge in [-0.25, -0.2) is 0 Å². The fourth-order valence-corrected chi connectivity index (χ4v) is 3.99. The fraction of sp³-hybridized carbons (Fsp3) is 0.600. The molecule has 0 amide bonds. The lowest BCUT2D eigenvalue weighted by Crippen LogP contribution is -2.48. The third kappa shape index (κ3) is 3.85. The van der Waals surface area contributed by atoms with E-state index in [0.29, 0.717) is 31.1 Å². The Kier molecular flexibility index (Phi) is 5.20. The molecule has 1 fully saturated rings. The number of rotatable bonds is 8. The Morgan fingerprint density at radius 3 is 2.78 bits per heavy atom. The van der Waals surface area contributed by atoms with Crippen LogP contribution in [0.4, 0.5) is 0 Å². The maximum absolute atomic E-state index is 10.0. The number of nitrogens with one attached hydrogen (secondary N) is 1. The van der Waals surface area contributed by atoms with Crippen LogP contribution in [-0.2, 0) is 11.3 Å². The predicted octanol–water partition coefficient (Wildman–Crippen LogP) is 3.15. The highest BCUT2D eigenvalue weighted by molar-refractivity contribution is 5.23. The predicted molar refractivity (Wildman–Crippen MR) is 93.1 cm³/mol. The van der Waals surface area contributed by atoms with E-state index in [4.69, 9.17) is 4.74 Å². The van der Waals surface area contributed by atoms with E-state index in [9.17, 15) is 5.11 Å². The smallest absolute Gasteiger partial charge is 0.0897 e. The van der Waals surface area contributed by atoms with Crippen LogP contribution in [0.5, 0.6) is 0 Å². The Hall–Kier alpha value is -1.16. The minimum absolute atomic E-state index is 0.399. The summed E-state index contributed by atoms with van der Waals surface area (Å²) in [5, 5.41) is 13.3. The van der Waals surface area contributed by atoms with Crippen LogP contribution in [0, 0.1) is 17.3 Å². The highest BCUT2D eigenvalue weighted by Gasteiger charge is 2.50. The van der Waals surface area contributed by atoms with Gasteiger partial charge in [0.25, 0.3) is 0 Å². The minimum atomic E-state index is -0.454. The van der Waals surface area contributed by atoms with E-state index < -0.39 is 6.10 Å². The van der Waals surface area contributed by atoms with Crippen LogP contribution in [0.3, 0.4) is 0 Å². The fourth-order valence-electron chi connectivity index (χ4n) is 3.99. The molecule has 4 rings (SSSR count). The van der Waals surface area contributed by atoms with Gasteiger partial charge >= 0.3 is 0 Å². The summed E-state index contributed by atoms with van der Waals surface area (Å²) >= 11 is 0. The third-order valence-corrected chi connectivity index (χ3v) is 5.71. The zero-order valence-electron chi connectivity index (χ0n) is 14.3. The summed E-state index contributed by atoms with van der Waals surface area (Å²) in [5.41, 5.74) is 3.13. The van der Waals surface area contributed by atoms with Gasteiger partial charge in [0, 0.05) is 13.1 Å². The van der Waals surface area contributed by atoms with E-state index in [1.807, 2.05) is 18.2 Å². The first-order chi connectivity index (χ1) is 11.1. The van der Waals surface area contributed by atoms with Crippen LogP contribution < -0.4 is 5.32 Å².